The van der Waals surface area contributed by atoms with Gasteiger partial charge in [-0.05, 0) is 57.8 Å². The van der Waals surface area contributed by atoms with Crippen LogP contribution in [-0.2, 0) is 14.3 Å². The molecule has 0 rings (SSSR count). The molecule has 0 saturated carbocycles. The van der Waals surface area contributed by atoms with Gasteiger partial charge in [0.1, 0.15) is 0 Å². The fraction of sp³-hybridized carbons (Fsp3) is 0.909. The van der Waals surface area contributed by atoms with Gasteiger partial charge < -0.3 is 20.3 Å². The Morgan fingerprint density at radius 2 is 0.653 bits per heavy atom. The molecule has 0 radical (unpaired) electrons. The molecule has 0 fully saturated rings. The number of esters is 1. The fourth-order valence-electron chi connectivity index (χ4n) is 10.2. The summed E-state index contributed by atoms with van der Waals surface area (Å²) in [6, 6.07) is -0.629. The molecule has 6 heteroatoms. The third kappa shape index (κ3) is 57.6. The normalized spacial score (nSPS) is 12.7. The van der Waals surface area contributed by atoms with Gasteiger partial charge in [-0.25, -0.2) is 0 Å². The first-order chi connectivity index (χ1) is 35.5. The Bertz CT molecular complexity index is 1120. The van der Waals surface area contributed by atoms with Gasteiger partial charge in [0.2, 0.25) is 5.91 Å². The summed E-state index contributed by atoms with van der Waals surface area (Å²) in [5, 5.41) is 23.1. The van der Waals surface area contributed by atoms with Gasteiger partial charge in [-0.15, -0.1) is 0 Å². The summed E-state index contributed by atoms with van der Waals surface area (Å²) in [5.41, 5.74) is 0. The molecule has 0 aromatic carbocycles. The summed E-state index contributed by atoms with van der Waals surface area (Å²) in [6.07, 6.45) is 76.6. The van der Waals surface area contributed by atoms with Gasteiger partial charge in [0.15, 0.2) is 0 Å². The van der Waals surface area contributed by atoms with Gasteiger partial charge in [-0.2, -0.15) is 0 Å². The quantitative estimate of drug-likeness (QED) is 0.0320. The van der Waals surface area contributed by atoms with Crippen LogP contribution in [0.2, 0.25) is 0 Å². The molecule has 1 amide bonds. The number of ether oxygens (including phenoxy) is 1. The predicted octanol–water partition coefficient (Wildman–Crippen LogP) is 20.6. The van der Waals surface area contributed by atoms with Crippen LogP contribution in [0.15, 0.2) is 24.3 Å². The summed E-state index contributed by atoms with van der Waals surface area (Å²) < 4.78 is 5.50. The maximum atomic E-state index is 12.5. The first-order valence-corrected chi connectivity index (χ1v) is 32.6. The Morgan fingerprint density at radius 1 is 0.375 bits per heavy atom. The van der Waals surface area contributed by atoms with Crippen molar-refractivity contribution >= 4 is 11.9 Å². The second-order valence-corrected chi connectivity index (χ2v) is 22.5. The average molecular weight is 1010 g/mol. The molecular weight excluding hydrogens is 887 g/mol. The molecule has 2 unspecified atom stereocenters. The summed E-state index contributed by atoms with van der Waals surface area (Å²) in [5.74, 6) is -0.0527. The molecule has 0 spiro atoms. The smallest absolute Gasteiger partial charge is 0.305 e. The number of unbranched alkanes of at least 4 members (excludes halogenated alkanes) is 48. The van der Waals surface area contributed by atoms with Crippen LogP contribution in [0.5, 0.6) is 0 Å². The number of amides is 1. The van der Waals surface area contributed by atoms with E-state index >= 15 is 0 Å². The number of allylic oxidation sites excluding steroid dienone is 3. The van der Waals surface area contributed by atoms with Gasteiger partial charge >= 0.3 is 5.97 Å². The largest absolute Gasteiger partial charge is 0.466 e. The lowest BCUT2D eigenvalue weighted by atomic mass is 10.0. The molecule has 6 nitrogen and oxygen atoms in total. The summed E-state index contributed by atoms with van der Waals surface area (Å²) in [6.45, 7) is 4.93. The Kier molecular flexibility index (Phi) is 60.5. The van der Waals surface area contributed by atoms with Crippen LogP contribution in [0.4, 0.5) is 0 Å². The maximum Gasteiger partial charge on any atom is 0.305 e. The highest BCUT2D eigenvalue weighted by molar-refractivity contribution is 5.76. The molecule has 0 heterocycles. The van der Waals surface area contributed by atoms with Crippen molar-refractivity contribution in [1.82, 2.24) is 5.32 Å². The van der Waals surface area contributed by atoms with Crippen molar-refractivity contribution in [2.45, 2.75) is 373 Å². The van der Waals surface area contributed by atoms with Crippen molar-refractivity contribution in [3.05, 3.63) is 24.3 Å². The van der Waals surface area contributed by atoms with E-state index in [0.29, 0.717) is 19.4 Å². The molecule has 0 bridgehead atoms. The van der Waals surface area contributed by atoms with Crippen LogP contribution < -0.4 is 5.32 Å². The number of aliphatic hydroxyl groups excluding tert-OH is 2. The zero-order chi connectivity index (χ0) is 52.2. The van der Waals surface area contributed by atoms with Gasteiger partial charge in [-0.3, -0.25) is 9.59 Å². The van der Waals surface area contributed by atoms with Crippen LogP contribution in [0.1, 0.15) is 361 Å². The molecular formula is C66H127NO5. The lowest BCUT2D eigenvalue weighted by molar-refractivity contribution is -0.143. The molecule has 0 aliphatic rings. The Morgan fingerprint density at radius 3 is 0.986 bits per heavy atom. The lowest BCUT2D eigenvalue weighted by Crippen LogP contribution is -2.45. The molecule has 0 aliphatic carbocycles. The van der Waals surface area contributed by atoms with E-state index in [1.54, 1.807) is 6.08 Å². The van der Waals surface area contributed by atoms with Crippen LogP contribution in [-0.4, -0.2) is 47.4 Å². The van der Waals surface area contributed by atoms with E-state index in [9.17, 15) is 19.8 Å². The standard InChI is InChI=1S/C66H127NO5/c1-3-5-7-9-11-13-15-17-19-32-36-40-44-48-52-56-60-66(71)72-61-57-53-49-45-41-37-33-30-28-26-24-22-20-21-23-25-27-29-31-35-39-43-47-51-55-59-65(70)67-63(62-68)64(69)58-54-50-46-42-38-34-18-16-14-12-10-8-6-4-2/h21,23,54,58,63-64,68-69H,3-20,22,24-53,55-57,59-62H2,1-2H3,(H,67,70)/b23-21-,58-54+. The molecule has 72 heavy (non-hydrogen) atoms. The second-order valence-electron chi connectivity index (χ2n) is 22.5. The van der Waals surface area contributed by atoms with Crippen molar-refractivity contribution in [2.75, 3.05) is 13.2 Å². The third-order valence-corrected chi connectivity index (χ3v) is 15.2. The molecule has 3 N–H and O–H groups in total. The molecule has 0 aromatic rings. The number of carbonyl (C=O) groups excluding carboxylic acids is 2. The van der Waals surface area contributed by atoms with E-state index in [1.165, 1.54) is 295 Å². The minimum Gasteiger partial charge on any atom is -0.466 e. The van der Waals surface area contributed by atoms with Crippen molar-refractivity contribution in [1.29, 1.82) is 0 Å². The van der Waals surface area contributed by atoms with Gasteiger partial charge in [-0.1, -0.05) is 314 Å². The molecule has 0 aliphatic heterocycles. The van der Waals surface area contributed by atoms with Gasteiger partial charge in [0, 0.05) is 12.8 Å². The first kappa shape index (κ1) is 70.3. The Hall–Kier alpha value is -1.66. The van der Waals surface area contributed by atoms with Gasteiger partial charge in [0.25, 0.3) is 0 Å². The zero-order valence-corrected chi connectivity index (χ0v) is 48.7. The SMILES string of the molecule is CCCCCCCCCCCCCC/C=C/C(O)C(CO)NC(=O)CCCCCCCCCCC/C=C\CCCCCCCCCCCCCCOC(=O)CCCCCCCCCCCCCCCCCC. The molecule has 0 aromatic heterocycles. The highest BCUT2D eigenvalue weighted by atomic mass is 16.5. The van der Waals surface area contributed by atoms with Crippen molar-refractivity contribution in [3.8, 4) is 0 Å². The fourth-order valence-corrected chi connectivity index (χ4v) is 10.2. The van der Waals surface area contributed by atoms with Crippen LogP contribution in [0, 0.1) is 0 Å². The predicted molar refractivity (Wildman–Crippen MR) is 315 cm³/mol. The molecule has 426 valence electrons. The minimum atomic E-state index is -0.845. The van der Waals surface area contributed by atoms with Crippen LogP contribution >= 0.6 is 0 Å². The van der Waals surface area contributed by atoms with E-state index in [2.05, 4.69) is 31.3 Å². The van der Waals surface area contributed by atoms with Crippen LogP contribution in [0.3, 0.4) is 0 Å². The van der Waals surface area contributed by atoms with E-state index in [-0.39, 0.29) is 18.5 Å². The number of aliphatic hydroxyl groups is 2. The number of carbonyl (C=O) groups is 2. The molecule has 0 saturated heterocycles. The highest BCUT2D eigenvalue weighted by Gasteiger charge is 2.18. The number of hydrogen-bond donors (Lipinski definition) is 3. The average Bonchev–Trinajstić information content (AvgIpc) is 3.38. The second kappa shape index (κ2) is 61.9. The highest BCUT2D eigenvalue weighted by Crippen LogP contribution is 2.18. The Labute approximate surface area is 450 Å². The number of rotatable bonds is 61. The maximum absolute atomic E-state index is 12.5. The number of hydrogen-bond acceptors (Lipinski definition) is 5. The zero-order valence-electron chi connectivity index (χ0n) is 48.7. The van der Waals surface area contributed by atoms with Gasteiger partial charge in [0.05, 0.1) is 25.4 Å². The lowest BCUT2D eigenvalue weighted by Gasteiger charge is -2.20. The van der Waals surface area contributed by atoms with E-state index < -0.39 is 12.1 Å². The summed E-state index contributed by atoms with van der Waals surface area (Å²) >= 11 is 0. The van der Waals surface area contributed by atoms with Crippen LogP contribution in [0.25, 0.3) is 0 Å². The summed E-state index contributed by atoms with van der Waals surface area (Å²) in [7, 11) is 0. The topological polar surface area (TPSA) is 95.9 Å². The van der Waals surface area contributed by atoms with E-state index in [4.69, 9.17) is 4.74 Å². The van der Waals surface area contributed by atoms with E-state index in [0.717, 1.165) is 38.5 Å². The van der Waals surface area contributed by atoms with E-state index in [1.807, 2.05) is 6.08 Å². The third-order valence-electron chi connectivity index (χ3n) is 15.2. The minimum absolute atomic E-state index is 0.0169. The Balaban J connectivity index is 3.39. The number of nitrogens with one attached hydrogen (secondary N) is 1. The van der Waals surface area contributed by atoms with Crippen molar-refractivity contribution in [3.63, 3.8) is 0 Å². The van der Waals surface area contributed by atoms with Crippen molar-refractivity contribution in [2.24, 2.45) is 0 Å². The molecule has 2 atom stereocenters. The first-order valence-electron chi connectivity index (χ1n) is 32.6. The monoisotopic (exact) mass is 1010 g/mol. The summed E-state index contributed by atoms with van der Waals surface area (Å²) in [4.78, 5) is 24.5. The van der Waals surface area contributed by atoms with Crippen molar-refractivity contribution < 1.29 is 24.5 Å².